The molecule has 0 saturated carbocycles. The first kappa shape index (κ1) is 23.3. The Hall–Kier alpha value is -3.43. The molecule has 3 aromatic heterocycles. The van der Waals surface area contributed by atoms with Gasteiger partial charge in [-0.25, -0.2) is 0 Å². The Labute approximate surface area is 207 Å². The number of fused-ring (bicyclic) bond motifs is 2. The van der Waals surface area contributed by atoms with Gasteiger partial charge in [-0.2, -0.15) is 0 Å². The van der Waals surface area contributed by atoms with E-state index in [0.29, 0.717) is 34.9 Å². The summed E-state index contributed by atoms with van der Waals surface area (Å²) in [5.41, 5.74) is 3.11. The Morgan fingerprint density at radius 1 is 1.20 bits per heavy atom. The molecule has 0 spiro atoms. The van der Waals surface area contributed by atoms with E-state index < -0.39 is 0 Å². The van der Waals surface area contributed by atoms with Crippen LogP contribution in [-0.2, 0) is 7.05 Å². The number of ether oxygens (including phenoxy) is 1. The summed E-state index contributed by atoms with van der Waals surface area (Å²) < 4.78 is 9.08. The van der Waals surface area contributed by atoms with Crippen molar-refractivity contribution in [2.24, 2.45) is 7.05 Å². The number of nitrogens with one attached hydrogen (secondary N) is 1. The van der Waals surface area contributed by atoms with E-state index in [1.807, 2.05) is 53.8 Å². The smallest absolute Gasteiger partial charge is 0.264 e. The van der Waals surface area contributed by atoms with Gasteiger partial charge in [0.2, 0.25) is 0 Å². The van der Waals surface area contributed by atoms with Crippen molar-refractivity contribution < 1.29 is 19.4 Å². The molecular formula is C26H28N4O4S. The van der Waals surface area contributed by atoms with Crippen molar-refractivity contribution >= 4 is 44.3 Å². The summed E-state index contributed by atoms with van der Waals surface area (Å²) in [4.78, 5) is 32.6. The minimum Gasteiger partial charge on any atom is -0.456 e. The van der Waals surface area contributed by atoms with Gasteiger partial charge in [0.15, 0.2) is 0 Å². The van der Waals surface area contributed by atoms with E-state index >= 15 is 0 Å². The fourth-order valence-corrected chi connectivity index (χ4v) is 5.60. The van der Waals surface area contributed by atoms with E-state index in [1.54, 1.807) is 6.20 Å². The maximum absolute atomic E-state index is 12.9. The van der Waals surface area contributed by atoms with Crippen LogP contribution in [0, 0.1) is 6.92 Å². The number of carbonyl (C=O) groups excluding carboxylic acids is 2. The molecule has 5 rings (SSSR count). The van der Waals surface area contributed by atoms with Crippen molar-refractivity contribution in [1.29, 1.82) is 0 Å². The monoisotopic (exact) mass is 492 g/mol. The summed E-state index contributed by atoms with van der Waals surface area (Å²) in [6.07, 6.45) is 4.31. The summed E-state index contributed by atoms with van der Waals surface area (Å²) in [5.74, 6) is 1.19. The maximum atomic E-state index is 12.9. The van der Waals surface area contributed by atoms with Gasteiger partial charge in [-0.05, 0) is 44.4 Å². The van der Waals surface area contributed by atoms with E-state index in [1.165, 1.54) is 11.3 Å². The van der Waals surface area contributed by atoms with Crippen LogP contribution < -0.4 is 10.1 Å². The van der Waals surface area contributed by atoms with Crippen molar-refractivity contribution in [2.75, 3.05) is 26.2 Å². The highest BCUT2D eigenvalue weighted by molar-refractivity contribution is 7.21. The predicted octanol–water partition coefficient (Wildman–Crippen LogP) is 4.24. The second-order valence-electron chi connectivity index (χ2n) is 8.77. The molecule has 4 heterocycles. The van der Waals surface area contributed by atoms with Crippen LogP contribution in [0.3, 0.4) is 0 Å². The zero-order valence-corrected chi connectivity index (χ0v) is 20.7. The van der Waals surface area contributed by atoms with Gasteiger partial charge in [-0.1, -0.05) is 0 Å². The summed E-state index contributed by atoms with van der Waals surface area (Å²) >= 11 is 1.41. The third kappa shape index (κ3) is 4.37. The van der Waals surface area contributed by atoms with Gasteiger partial charge < -0.3 is 24.6 Å². The molecule has 4 aromatic rings. The van der Waals surface area contributed by atoms with Crippen LogP contribution in [0.5, 0.6) is 11.5 Å². The fourth-order valence-electron chi connectivity index (χ4n) is 4.57. The fraction of sp³-hybridized carbons (Fsp3) is 0.346. The molecule has 0 aliphatic carbocycles. The van der Waals surface area contributed by atoms with Gasteiger partial charge in [0.1, 0.15) is 11.5 Å². The number of pyridine rings is 1. The van der Waals surface area contributed by atoms with E-state index in [9.17, 15) is 9.59 Å². The Balaban J connectivity index is 1.44. The largest absolute Gasteiger partial charge is 0.456 e. The number of aryl methyl sites for hydroxylation is 1. The van der Waals surface area contributed by atoms with E-state index in [4.69, 9.17) is 9.84 Å². The van der Waals surface area contributed by atoms with Crippen LogP contribution in [0.25, 0.3) is 21.1 Å². The molecule has 0 atom stereocenters. The Morgan fingerprint density at radius 3 is 2.77 bits per heavy atom. The molecule has 1 aromatic carbocycles. The normalized spacial score (nSPS) is 13.6. The SMILES string of the molecule is Cc1c(C(=O)NCCCO)c2ccc(Oc3ccnc4cc(C(=O)N5CCCC5)sc34)cc2n1C. The molecule has 2 N–H and O–H groups in total. The lowest BCUT2D eigenvalue weighted by atomic mass is 10.1. The highest BCUT2D eigenvalue weighted by Crippen LogP contribution is 2.37. The van der Waals surface area contributed by atoms with Crippen molar-refractivity contribution in [3.63, 3.8) is 0 Å². The van der Waals surface area contributed by atoms with E-state index in [0.717, 1.165) is 52.7 Å². The number of hydrogen-bond donors (Lipinski definition) is 2. The Bertz CT molecular complexity index is 1420. The lowest BCUT2D eigenvalue weighted by Crippen LogP contribution is -2.26. The predicted molar refractivity (Wildman–Crippen MR) is 137 cm³/mol. The topological polar surface area (TPSA) is 96.7 Å². The first-order valence-corrected chi connectivity index (χ1v) is 12.6. The second-order valence-corrected chi connectivity index (χ2v) is 9.82. The van der Waals surface area contributed by atoms with Gasteiger partial charge in [0.25, 0.3) is 11.8 Å². The number of likely N-dealkylation sites (tertiary alicyclic amines) is 1. The molecule has 1 aliphatic heterocycles. The number of aliphatic hydroxyl groups excluding tert-OH is 1. The van der Waals surface area contributed by atoms with Crippen molar-refractivity contribution in [3.8, 4) is 11.5 Å². The number of nitrogens with zero attached hydrogens (tertiary/aromatic N) is 3. The van der Waals surface area contributed by atoms with Crippen LogP contribution >= 0.6 is 11.3 Å². The van der Waals surface area contributed by atoms with Crippen molar-refractivity contribution in [3.05, 3.63) is 52.7 Å². The third-order valence-corrected chi connectivity index (χ3v) is 7.65. The standard InChI is InChI=1S/C26H28N4O4S/c1-16-23(25(32)28-9-5-13-31)18-7-6-17(14-20(18)29(16)2)34-21-8-10-27-19-15-22(35-24(19)21)26(33)30-11-3-4-12-30/h6-8,10,14-15,31H,3-5,9,11-13H2,1-2H3,(H,28,32). The van der Waals surface area contributed by atoms with Crippen molar-refractivity contribution in [2.45, 2.75) is 26.2 Å². The van der Waals surface area contributed by atoms with Gasteiger partial charge in [-0.3, -0.25) is 14.6 Å². The minimum atomic E-state index is -0.153. The summed E-state index contributed by atoms with van der Waals surface area (Å²) in [7, 11) is 1.92. The number of benzene rings is 1. The molecule has 1 fully saturated rings. The maximum Gasteiger partial charge on any atom is 0.264 e. The minimum absolute atomic E-state index is 0.0376. The lowest BCUT2D eigenvalue weighted by Gasteiger charge is -2.13. The number of aromatic nitrogens is 2. The second kappa shape index (κ2) is 9.67. The molecule has 0 unspecified atom stereocenters. The highest BCUT2D eigenvalue weighted by Gasteiger charge is 2.23. The third-order valence-electron chi connectivity index (χ3n) is 6.52. The van der Waals surface area contributed by atoms with Gasteiger partial charge in [0.05, 0.1) is 26.2 Å². The van der Waals surface area contributed by atoms with Crippen LogP contribution in [-0.4, -0.2) is 57.6 Å². The molecule has 182 valence electrons. The number of carbonyl (C=O) groups is 2. The van der Waals surface area contributed by atoms with E-state index in [-0.39, 0.29) is 18.4 Å². The molecule has 9 heteroatoms. The molecule has 1 aliphatic rings. The number of amides is 2. The Morgan fingerprint density at radius 2 is 2.00 bits per heavy atom. The van der Waals surface area contributed by atoms with Crippen LogP contribution in [0.1, 0.15) is 45.0 Å². The quantitative estimate of drug-likeness (QED) is 0.376. The summed E-state index contributed by atoms with van der Waals surface area (Å²) in [5, 5.41) is 12.7. The molecule has 2 amide bonds. The number of hydrogen-bond acceptors (Lipinski definition) is 6. The van der Waals surface area contributed by atoms with E-state index in [2.05, 4.69) is 10.3 Å². The zero-order valence-electron chi connectivity index (χ0n) is 19.8. The number of rotatable bonds is 7. The number of thiophene rings is 1. The molecule has 0 radical (unpaired) electrons. The van der Waals surface area contributed by atoms with Gasteiger partial charge >= 0.3 is 0 Å². The summed E-state index contributed by atoms with van der Waals surface area (Å²) in [6.45, 7) is 3.99. The average Bonchev–Trinajstić information content (AvgIpc) is 3.59. The average molecular weight is 493 g/mol. The van der Waals surface area contributed by atoms with Gasteiger partial charge in [0, 0.05) is 62.7 Å². The van der Waals surface area contributed by atoms with Gasteiger partial charge in [-0.15, -0.1) is 11.3 Å². The molecule has 0 bridgehead atoms. The van der Waals surface area contributed by atoms with Crippen LogP contribution in [0.15, 0.2) is 36.5 Å². The molecule has 1 saturated heterocycles. The summed E-state index contributed by atoms with van der Waals surface area (Å²) in [6, 6.07) is 9.32. The first-order valence-electron chi connectivity index (χ1n) is 11.8. The first-order chi connectivity index (χ1) is 17.0. The van der Waals surface area contributed by atoms with Crippen LogP contribution in [0.2, 0.25) is 0 Å². The Kier molecular flexibility index (Phi) is 6.44. The number of aliphatic hydroxyl groups is 1. The zero-order chi connectivity index (χ0) is 24.5. The highest BCUT2D eigenvalue weighted by atomic mass is 32.1. The molecule has 8 nitrogen and oxygen atoms in total. The lowest BCUT2D eigenvalue weighted by molar-refractivity contribution is 0.0797. The molecule has 35 heavy (non-hydrogen) atoms. The van der Waals surface area contributed by atoms with Crippen LogP contribution in [0.4, 0.5) is 0 Å². The van der Waals surface area contributed by atoms with Crippen molar-refractivity contribution in [1.82, 2.24) is 19.8 Å². The molecular weight excluding hydrogens is 464 g/mol.